The Labute approximate surface area is 211 Å². The largest absolute Gasteiger partial charge is 0.431 e. The SMILES string of the molecule is C[C@]12CCC(NCCN3CCCC3)C[C@H]1CC[C@@H]1[C@@H]2CC[C@]2(C)[C@@H](c3ccc(=O)oc3)CC[C@]12O. The average molecular weight is 483 g/mol. The minimum atomic E-state index is -0.602. The Bertz CT molecular complexity index is 952. The van der Waals surface area contributed by atoms with Crippen LogP contribution in [0.15, 0.2) is 27.6 Å². The summed E-state index contributed by atoms with van der Waals surface area (Å²) in [4.78, 5) is 14.2. The standard InChI is InChI=1S/C30H46N2O3/c1-28-12-9-23(31-15-18-32-16-3-4-17-32)19-22(28)6-7-26-25(28)10-13-29(2)24(11-14-30(26,29)34)21-5-8-27(33)35-20-21/h5,8,20,22-26,31,34H,3-4,6-7,9-19H2,1-2H3/t22-,23?,24-,25+,26-,28+,29-,30+/m1/s1. The molecule has 0 radical (unpaired) electrons. The molecule has 0 aromatic carbocycles. The fourth-order valence-electron chi connectivity index (χ4n) is 9.95. The van der Waals surface area contributed by atoms with Crippen molar-refractivity contribution in [3.8, 4) is 0 Å². The van der Waals surface area contributed by atoms with Crippen LogP contribution in [0.5, 0.6) is 0 Å². The zero-order valence-corrected chi connectivity index (χ0v) is 21.9. The normalized spacial score (nSPS) is 45.6. The summed E-state index contributed by atoms with van der Waals surface area (Å²) in [6.07, 6.45) is 15.0. The van der Waals surface area contributed by atoms with Gasteiger partial charge in [0.05, 0.1) is 11.9 Å². The first-order chi connectivity index (χ1) is 16.8. The van der Waals surface area contributed by atoms with Crippen molar-refractivity contribution in [3.05, 3.63) is 34.4 Å². The molecule has 2 heterocycles. The van der Waals surface area contributed by atoms with Crippen molar-refractivity contribution in [2.24, 2.45) is 28.6 Å². The molecule has 35 heavy (non-hydrogen) atoms. The number of nitrogens with zero attached hydrogens (tertiary/aromatic N) is 1. The summed E-state index contributed by atoms with van der Waals surface area (Å²) in [6, 6.07) is 4.16. The van der Waals surface area contributed by atoms with Crippen LogP contribution in [-0.4, -0.2) is 47.8 Å². The van der Waals surface area contributed by atoms with Crippen LogP contribution in [0.25, 0.3) is 0 Å². The van der Waals surface area contributed by atoms with Crippen molar-refractivity contribution in [3.63, 3.8) is 0 Å². The van der Waals surface area contributed by atoms with E-state index in [1.807, 2.05) is 6.07 Å². The third-order valence-electron chi connectivity index (χ3n) is 12.0. The van der Waals surface area contributed by atoms with Crippen LogP contribution >= 0.6 is 0 Å². The minimum absolute atomic E-state index is 0.133. The first-order valence-corrected chi connectivity index (χ1v) is 14.6. The third kappa shape index (κ3) is 3.87. The Morgan fingerprint density at radius 2 is 1.86 bits per heavy atom. The highest BCUT2D eigenvalue weighted by Gasteiger charge is 2.67. The van der Waals surface area contributed by atoms with E-state index in [0.717, 1.165) is 37.3 Å². The third-order valence-corrected chi connectivity index (χ3v) is 12.0. The van der Waals surface area contributed by atoms with Gasteiger partial charge in [0.25, 0.3) is 0 Å². The lowest BCUT2D eigenvalue weighted by molar-refractivity contribution is -0.202. The summed E-state index contributed by atoms with van der Waals surface area (Å²) in [5, 5.41) is 16.3. The van der Waals surface area contributed by atoms with Crippen LogP contribution in [0.2, 0.25) is 0 Å². The van der Waals surface area contributed by atoms with Crippen molar-refractivity contribution < 1.29 is 9.52 Å². The number of rotatable bonds is 5. The van der Waals surface area contributed by atoms with Gasteiger partial charge in [0, 0.05) is 30.6 Å². The molecule has 8 atom stereocenters. The summed E-state index contributed by atoms with van der Waals surface area (Å²) in [5.74, 6) is 2.11. The average Bonchev–Trinajstić information content (AvgIpc) is 3.46. The molecular weight excluding hydrogens is 436 g/mol. The highest BCUT2D eigenvalue weighted by atomic mass is 16.4. The molecular formula is C30H46N2O3. The van der Waals surface area contributed by atoms with Crippen LogP contribution in [0.3, 0.4) is 0 Å². The summed E-state index contributed by atoms with van der Waals surface area (Å²) in [5.41, 5.74) is 0.441. The zero-order valence-electron chi connectivity index (χ0n) is 21.9. The molecule has 0 bridgehead atoms. The molecule has 1 saturated heterocycles. The van der Waals surface area contributed by atoms with E-state index in [2.05, 4.69) is 24.1 Å². The smallest absolute Gasteiger partial charge is 0.335 e. The van der Waals surface area contributed by atoms with Crippen molar-refractivity contribution in [2.75, 3.05) is 26.2 Å². The monoisotopic (exact) mass is 482 g/mol. The summed E-state index contributed by atoms with van der Waals surface area (Å²) in [7, 11) is 0. The second-order valence-corrected chi connectivity index (χ2v) is 13.3. The van der Waals surface area contributed by atoms with Crippen molar-refractivity contribution >= 4 is 0 Å². The number of hydrogen-bond donors (Lipinski definition) is 2. The Kier molecular flexibility index (Phi) is 6.21. The van der Waals surface area contributed by atoms with E-state index in [9.17, 15) is 9.90 Å². The topological polar surface area (TPSA) is 65.7 Å². The molecule has 1 aliphatic heterocycles. The molecule has 194 valence electrons. The maximum Gasteiger partial charge on any atom is 0.335 e. The van der Waals surface area contributed by atoms with Gasteiger partial charge in [0.2, 0.25) is 0 Å². The van der Waals surface area contributed by atoms with Crippen LogP contribution in [-0.2, 0) is 0 Å². The molecule has 4 saturated carbocycles. The molecule has 1 unspecified atom stereocenters. The van der Waals surface area contributed by atoms with E-state index in [-0.39, 0.29) is 17.0 Å². The van der Waals surface area contributed by atoms with Crippen LogP contribution in [0, 0.1) is 28.6 Å². The second kappa shape index (κ2) is 8.99. The molecule has 0 amide bonds. The van der Waals surface area contributed by atoms with Gasteiger partial charge in [-0.2, -0.15) is 0 Å². The van der Waals surface area contributed by atoms with Crippen LogP contribution in [0.4, 0.5) is 0 Å². The fraction of sp³-hybridized carbons (Fsp3) is 0.833. The number of fused-ring (bicyclic) bond motifs is 5. The van der Waals surface area contributed by atoms with Gasteiger partial charge < -0.3 is 19.7 Å². The molecule has 5 fully saturated rings. The lowest BCUT2D eigenvalue weighted by Gasteiger charge is -2.64. The molecule has 5 aliphatic rings. The lowest BCUT2D eigenvalue weighted by Crippen LogP contribution is -2.62. The maximum atomic E-state index is 12.4. The summed E-state index contributed by atoms with van der Waals surface area (Å²) in [6.45, 7) is 9.84. The van der Waals surface area contributed by atoms with Gasteiger partial charge in [-0.1, -0.05) is 13.8 Å². The first kappa shape index (κ1) is 24.2. The Hall–Kier alpha value is -1.17. The van der Waals surface area contributed by atoms with Gasteiger partial charge >= 0.3 is 5.63 Å². The highest BCUT2D eigenvalue weighted by molar-refractivity contribution is 5.27. The van der Waals surface area contributed by atoms with Gasteiger partial charge in [0.15, 0.2) is 0 Å². The van der Waals surface area contributed by atoms with Crippen molar-refractivity contribution in [1.29, 1.82) is 0 Å². The highest BCUT2D eigenvalue weighted by Crippen LogP contribution is 2.70. The van der Waals surface area contributed by atoms with E-state index in [1.165, 1.54) is 71.0 Å². The van der Waals surface area contributed by atoms with E-state index in [1.54, 1.807) is 12.3 Å². The number of aliphatic hydroxyl groups is 1. The minimum Gasteiger partial charge on any atom is -0.431 e. The van der Waals surface area contributed by atoms with Gasteiger partial charge in [-0.05, 0) is 124 Å². The fourth-order valence-corrected chi connectivity index (χ4v) is 9.95. The lowest BCUT2D eigenvalue weighted by atomic mass is 9.43. The number of likely N-dealkylation sites (tertiary alicyclic amines) is 1. The van der Waals surface area contributed by atoms with E-state index >= 15 is 0 Å². The summed E-state index contributed by atoms with van der Waals surface area (Å²) >= 11 is 0. The predicted octanol–water partition coefficient (Wildman–Crippen LogP) is 4.94. The number of hydrogen-bond acceptors (Lipinski definition) is 5. The molecule has 4 aliphatic carbocycles. The van der Waals surface area contributed by atoms with E-state index in [4.69, 9.17) is 4.42 Å². The molecule has 1 aromatic rings. The maximum absolute atomic E-state index is 12.4. The van der Waals surface area contributed by atoms with Crippen LogP contribution in [0.1, 0.15) is 96.0 Å². The second-order valence-electron chi connectivity index (χ2n) is 13.3. The Balaban J connectivity index is 1.14. The number of nitrogens with one attached hydrogen (secondary N) is 1. The van der Waals surface area contributed by atoms with Gasteiger partial charge in [0.1, 0.15) is 0 Å². The Morgan fingerprint density at radius 1 is 1.03 bits per heavy atom. The predicted molar refractivity (Wildman–Crippen MR) is 138 cm³/mol. The van der Waals surface area contributed by atoms with Gasteiger partial charge in [-0.25, -0.2) is 4.79 Å². The molecule has 2 N–H and O–H groups in total. The molecule has 1 aromatic heterocycles. The quantitative estimate of drug-likeness (QED) is 0.623. The molecule has 0 spiro atoms. The zero-order chi connectivity index (χ0) is 24.3. The van der Waals surface area contributed by atoms with E-state index in [0.29, 0.717) is 23.3 Å². The van der Waals surface area contributed by atoms with E-state index < -0.39 is 5.60 Å². The van der Waals surface area contributed by atoms with Gasteiger partial charge in [-0.15, -0.1) is 0 Å². The van der Waals surface area contributed by atoms with Crippen LogP contribution < -0.4 is 10.9 Å². The van der Waals surface area contributed by atoms with Gasteiger partial charge in [-0.3, -0.25) is 0 Å². The van der Waals surface area contributed by atoms with Crippen molar-refractivity contribution in [2.45, 2.75) is 102 Å². The molecule has 6 rings (SSSR count). The Morgan fingerprint density at radius 3 is 2.63 bits per heavy atom. The molecule has 5 heteroatoms. The first-order valence-electron chi connectivity index (χ1n) is 14.6. The molecule has 5 nitrogen and oxygen atoms in total. The summed E-state index contributed by atoms with van der Waals surface area (Å²) < 4.78 is 5.24. The van der Waals surface area contributed by atoms with Crippen molar-refractivity contribution in [1.82, 2.24) is 10.2 Å².